The summed E-state index contributed by atoms with van der Waals surface area (Å²) in [7, 11) is 0. The molecule has 0 bridgehead atoms. The molecule has 0 heterocycles. The summed E-state index contributed by atoms with van der Waals surface area (Å²) in [5.74, 6) is 0. The van der Waals surface area contributed by atoms with Gasteiger partial charge in [0.1, 0.15) is 0 Å². The van der Waals surface area contributed by atoms with Crippen LogP contribution >= 0.6 is 0 Å². The smallest absolute Gasteiger partial charge is 0.0997 e. The van der Waals surface area contributed by atoms with Crippen molar-refractivity contribution < 1.29 is 0 Å². The SMILES string of the molecule is Cc1cc(C(C)(C)C)cc(C)c1C#N. The van der Waals surface area contributed by atoms with Crippen molar-refractivity contribution >= 4 is 0 Å². The molecule has 1 aromatic rings. The standard InChI is InChI=1S/C13H17N/c1-9-6-11(13(3,4)5)7-10(2)12(9)8-14/h6-7H,1-5H3. The van der Waals surface area contributed by atoms with E-state index in [1.807, 2.05) is 13.8 Å². The van der Waals surface area contributed by atoms with Crippen LogP contribution in [0.15, 0.2) is 12.1 Å². The first-order valence-electron chi connectivity index (χ1n) is 4.88. The highest BCUT2D eigenvalue weighted by Crippen LogP contribution is 2.26. The molecule has 1 heteroatoms. The Labute approximate surface area is 86.4 Å². The van der Waals surface area contributed by atoms with Gasteiger partial charge in [0, 0.05) is 0 Å². The number of hydrogen-bond donors (Lipinski definition) is 0. The van der Waals surface area contributed by atoms with E-state index < -0.39 is 0 Å². The number of aryl methyl sites for hydroxylation is 2. The Kier molecular flexibility index (Phi) is 2.66. The molecular formula is C13H17N. The molecule has 0 aromatic heterocycles. The summed E-state index contributed by atoms with van der Waals surface area (Å²) in [5.41, 5.74) is 4.43. The third kappa shape index (κ3) is 1.96. The second-order valence-corrected chi connectivity index (χ2v) is 4.85. The Morgan fingerprint density at radius 1 is 1.07 bits per heavy atom. The first kappa shape index (κ1) is 10.8. The summed E-state index contributed by atoms with van der Waals surface area (Å²) in [4.78, 5) is 0. The van der Waals surface area contributed by atoms with Gasteiger partial charge in [0.15, 0.2) is 0 Å². The molecule has 0 unspecified atom stereocenters. The van der Waals surface area contributed by atoms with Crippen LogP contribution in [0, 0.1) is 25.2 Å². The van der Waals surface area contributed by atoms with Gasteiger partial charge in [-0.1, -0.05) is 32.9 Å². The zero-order valence-corrected chi connectivity index (χ0v) is 9.60. The zero-order chi connectivity index (χ0) is 10.9. The van der Waals surface area contributed by atoms with E-state index in [0.717, 1.165) is 16.7 Å². The number of nitriles is 1. The molecule has 1 nitrogen and oxygen atoms in total. The van der Waals surface area contributed by atoms with Crippen LogP contribution in [0.1, 0.15) is 43.0 Å². The zero-order valence-electron chi connectivity index (χ0n) is 9.60. The van der Waals surface area contributed by atoms with E-state index in [4.69, 9.17) is 5.26 Å². The van der Waals surface area contributed by atoms with Gasteiger partial charge in [0.25, 0.3) is 0 Å². The van der Waals surface area contributed by atoms with Crippen molar-refractivity contribution in [1.82, 2.24) is 0 Å². The molecule has 74 valence electrons. The summed E-state index contributed by atoms with van der Waals surface area (Å²) in [5, 5.41) is 8.94. The van der Waals surface area contributed by atoms with Gasteiger partial charge in [-0.2, -0.15) is 5.26 Å². The summed E-state index contributed by atoms with van der Waals surface area (Å²) in [6, 6.07) is 6.48. The molecule has 0 aliphatic rings. The highest BCUT2D eigenvalue weighted by atomic mass is 14.3. The van der Waals surface area contributed by atoms with Gasteiger partial charge in [0.2, 0.25) is 0 Å². The fourth-order valence-corrected chi connectivity index (χ4v) is 1.57. The first-order valence-corrected chi connectivity index (χ1v) is 4.88. The second-order valence-electron chi connectivity index (χ2n) is 4.85. The van der Waals surface area contributed by atoms with E-state index >= 15 is 0 Å². The van der Waals surface area contributed by atoms with Gasteiger partial charge in [0.05, 0.1) is 11.6 Å². The third-order valence-corrected chi connectivity index (χ3v) is 2.51. The van der Waals surface area contributed by atoms with E-state index in [9.17, 15) is 0 Å². The molecule has 1 rings (SSSR count). The molecule has 0 aliphatic carbocycles. The minimum atomic E-state index is 0.156. The third-order valence-electron chi connectivity index (χ3n) is 2.51. The Morgan fingerprint density at radius 3 is 1.79 bits per heavy atom. The molecule has 0 saturated heterocycles. The average molecular weight is 187 g/mol. The summed E-state index contributed by atoms with van der Waals surface area (Å²) in [6.07, 6.45) is 0. The van der Waals surface area contributed by atoms with E-state index in [2.05, 4.69) is 39.0 Å². The maximum absolute atomic E-state index is 8.94. The number of rotatable bonds is 0. The monoisotopic (exact) mass is 187 g/mol. The van der Waals surface area contributed by atoms with Gasteiger partial charge in [-0.05, 0) is 36.0 Å². The van der Waals surface area contributed by atoms with Crippen LogP contribution in [0.3, 0.4) is 0 Å². The normalized spacial score (nSPS) is 11.1. The molecule has 0 radical (unpaired) electrons. The van der Waals surface area contributed by atoms with Crippen LogP contribution in [-0.2, 0) is 5.41 Å². The average Bonchev–Trinajstić information content (AvgIpc) is 2.01. The first-order chi connectivity index (χ1) is 6.36. The fourth-order valence-electron chi connectivity index (χ4n) is 1.57. The van der Waals surface area contributed by atoms with Crippen LogP contribution in [0.25, 0.3) is 0 Å². The van der Waals surface area contributed by atoms with Gasteiger partial charge in [-0.25, -0.2) is 0 Å². The lowest BCUT2D eigenvalue weighted by Crippen LogP contribution is -2.12. The van der Waals surface area contributed by atoms with E-state index in [1.54, 1.807) is 0 Å². The van der Waals surface area contributed by atoms with Crippen molar-refractivity contribution in [2.75, 3.05) is 0 Å². The lowest BCUT2D eigenvalue weighted by atomic mass is 9.84. The lowest BCUT2D eigenvalue weighted by molar-refractivity contribution is 0.589. The predicted octanol–water partition coefficient (Wildman–Crippen LogP) is 3.47. The van der Waals surface area contributed by atoms with Gasteiger partial charge in [-0.3, -0.25) is 0 Å². The van der Waals surface area contributed by atoms with Crippen LogP contribution in [0.2, 0.25) is 0 Å². The molecule has 1 aromatic carbocycles. The van der Waals surface area contributed by atoms with Gasteiger partial charge >= 0.3 is 0 Å². The predicted molar refractivity (Wildman–Crippen MR) is 59.3 cm³/mol. The quantitative estimate of drug-likeness (QED) is 0.610. The fraction of sp³-hybridized carbons (Fsp3) is 0.462. The van der Waals surface area contributed by atoms with E-state index in [1.165, 1.54) is 5.56 Å². The van der Waals surface area contributed by atoms with Crippen molar-refractivity contribution in [2.45, 2.75) is 40.0 Å². The van der Waals surface area contributed by atoms with Crippen LogP contribution in [0.5, 0.6) is 0 Å². The van der Waals surface area contributed by atoms with E-state index in [0.29, 0.717) is 0 Å². The van der Waals surface area contributed by atoms with E-state index in [-0.39, 0.29) is 5.41 Å². The topological polar surface area (TPSA) is 23.8 Å². The van der Waals surface area contributed by atoms with Gasteiger partial charge in [-0.15, -0.1) is 0 Å². The van der Waals surface area contributed by atoms with Crippen molar-refractivity contribution in [3.05, 3.63) is 34.4 Å². The molecule has 0 aliphatic heterocycles. The molecule has 0 saturated carbocycles. The molecule has 0 fully saturated rings. The maximum atomic E-state index is 8.94. The highest BCUT2D eigenvalue weighted by molar-refractivity contribution is 5.47. The Morgan fingerprint density at radius 2 is 1.50 bits per heavy atom. The van der Waals surface area contributed by atoms with Crippen LogP contribution in [-0.4, -0.2) is 0 Å². The number of nitrogens with zero attached hydrogens (tertiary/aromatic N) is 1. The molecule has 0 spiro atoms. The van der Waals surface area contributed by atoms with Crippen LogP contribution in [0.4, 0.5) is 0 Å². The molecule has 0 atom stereocenters. The maximum Gasteiger partial charge on any atom is 0.0997 e. The molecular weight excluding hydrogens is 170 g/mol. The number of hydrogen-bond acceptors (Lipinski definition) is 1. The Bertz CT molecular complexity index is 366. The van der Waals surface area contributed by atoms with Gasteiger partial charge < -0.3 is 0 Å². The lowest BCUT2D eigenvalue weighted by Gasteiger charge is -2.20. The Balaban J connectivity index is 3.37. The summed E-state index contributed by atoms with van der Waals surface area (Å²) < 4.78 is 0. The Hall–Kier alpha value is -1.29. The van der Waals surface area contributed by atoms with Crippen molar-refractivity contribution in [3.8, 4) is 6.07 Å². The highest BCUT2D eigenvalue weighted by Gasteiger charge is 2.15. The van der Waals surface area contributed by atoms with Crippen LogP contribution < -0.4 is 0 Å². The van der Waals surface area contributed by atoms with Crippen molar-refractivity contribution in [3.63, 3.8) is 0 Å². The summed E-state index contributed by atoms with van der Waals surface area (Å²) in [6.45, 7) is 10.6. The second kappa shape index (κ2) is 3.46. The minimum absolute atomic E-state index is 0.156. The van der Waals surface area contributed by atoms with Crippen molar-refractivity contribution in [2.24, 2.45) is 0 Å². The number of benzene rings is 1. The van der Waals surface area contributed by atoms with Crippen molar-refractivity contribution in [1.29, 1.82) is 5.26 Å². The largest absolute Gasteiger partial charge is 0.192 e. The summed E-state index contributed by atoms with van der Waals surface area (Å²) >= 11 is 0. The molecule has 0 amide bonds. The minimum Gasteiger partial charge on any atom is -0.192 e. The molecule has 14 heavy (non-hydrogen) atoms. The molecule has 0 N–H and O–H groups in total.